The summed E-state index contributed by atoms with van der Waals surface area (Å²) in [5.41, 5.74) is 8.69. The number of hydrazone groups is 2. The molecule has 0 spiro atoms. The Morgan fingerprint density at radius 1 is 0.788 bits per heavy atom. The Labute approximate surface area is 206 Å². The van der Waals surface area contributed by atoms with E-state index in [0.717, 1.165) is 41.9 Å². The van der Waals surface area contributed by atoms with E-state index in [1.54, 1.807) is 12.4 Å². The van der Waals surface area contributed by atoms with Crippen molar-refractivity contribution in [3.63, 3.8) is 0 Å². The van der Waals surface area contributed by atoms with Crippen molar-refractivity contribution in [2.45, 2.75) is 19.3 Å². The van der Waals surface area contributed by atoms with E-state index in [9.17, 15) is 9.59 Å². The van der Waals surface area contributed by atoms with Gasteiger partial charge in [0.1, 0.15) is 0 Å². The van der Waals surface area contributed by atoms with E-state index < -0.39 is 0 Å². The number of aromatic amines is 2. The summed E-state index contributed by atoms with van der Waals surface area (Å²) in [5.74, 6) is -0.513. The van der Waals surface area contributed by atoms with Crippen LogP contribution in [0.5, 0.6) is 0 Å². The van der Waals surface area contributed by atoms with E-state index in [0.29, 0.717) is 6.42 Å². The van der Waals surface area contributed by atoms with Crippen molar-refractivity contribution in [3.8, 4) is 0 Å². The van der Waals surface area contributed by atoms with Gasteiger partial charge in [0.05, 0.1) is 12.4 Å². The van der Waals surface area contributed by atoms with Gasteiger partial charge in [0.15, 0.2) is 0 Å². The fourth-order valence-corrected chi connectivity index (χ4v) is 4.03. The van der Waals surface area contributed by atoms with E-state index in [4.69, 9.17) is 0 Å². The third-order valence-corrected chi connectivity index (χ3v) is 5.93. The number of aromatic nitrogens is 2. The number of benzene rings is 2. The van der Waals surface area contributed by atoms with Crippen molar-refractivity contribution in [2.75, 3.05) is 0 Å². The van der Waals surface area contributed by atoms with Crippen LogP contribution >= 0.6 is 31.9 Å². The molecule has 4 rings (SSSR count). The van der Waals surface area contributed by atoms with Gasteiger partial charge in [-0.1, -0.05) is 31.9 Å². The second-order valence-electron chi connectivity index (χ2n) is 7.31. The monoisotopic (exact) mass is 570 g/mol. The molecule has 0 aliphatic heterocycles. The predicted octanol–water partition coefficient (Wildman–Crippen LogP) is 4.94. The molecule has 0 fully saturated rings. The molecule has 0 unspecified atom stereocenters. The van der Waals surface area contributed by atoms with Gasteiger partial charge in [-0.15, -0.1) is 0 Å². The van der Waals surface area contributed by atoms with Gasteiger partial charge in [0.2, 0.25) is 11.8 Å². The van der Waals surface area contributed by atoms with Crippen LogP contribution in [0.15, 0.2) is 67.9 Å². The van der Waals surface area contributed by atoms with E-state index in [2.05, 4.69) is 62.9 Å². The first-order valence-corrected chi connectivity index (χ1v) is 11.8. The molecule has 0 aliphatic carbocycles. The summed E-state index contributed by atoms with van der Waals surface area (Å²) in [4.78, 5) is 30.3. The molecule has 168 valence electrons. The molecular formula is C23H20Br2N6O2. The third-order valence-electron chi connectivity index (χ3n) is 4.95. The van der Waals surface area contributed by atoms with Crippen LogP contribution in [0.4, 0.5) is 0 Å². The number of nitrogens with zero attached hydrogens (tertiary/aromatic N) is 2. The molecule has 0 saturated carbocycles. The number of hydrogen-bond acceptors (Lipinski definition) is 4. The number of amides is 2. The van der Waals surface area contributed by atoms with Gasteiger partial charge in [0, 0.05) is 67.1 Å². The first-order valence-electron chi connectivity index (χ1n) is 10.2. The van der Waals surface area contributed by atoms with Gasteiger partial charge in [-0.25, -0.2) is 10.9 Å². The van der Waals surface area contributed by atoms with E-state index in [1.807, 2.05) is 48.8 Å². The van der Waals surface area contributed by atoms with Gasteiger partial charge in [0.25, 0.3) is 0 Å². The molecule has 2 aromatic heterocycles. The number of fused-ring (bicyclic) bond motifs is 2. The molecule has 10 heteroatoms. The molecule has 2 amide bonds. The van der Waals surface area contributed by atoms with Crippen LogP contribution in [0, 0.1) is 0 Å². The molecule has 8 nitrogen and oxygen atoms in total. The fourth-order valence-electron chi connectivity index (χ4n) is 3.31. The Morgan fingerprint density at radius 2 is 1.24 bits per heavy atom. The van der Waals surface area contributed by atoms with Crippen LogP contribution in [-0.2, 0) is 9.59 Å². The van der Waals surface area contributed by atoms with Crippen LogP contribution < -0.4 is 10.9 Å². The Balaban J connectivity index is 1.19. The average molecular weight is 572 g/mol. The van der Waals surface area contributed by atoms with Crippen molar-refractivity contribution in [1.29, 1.82) is 0 Å². The van der Waals surface area contributed by atoms with Crippen molar-refractivity contribution >= 4 is 77.9 Å². The molecule has 2 aromatic carbocycles. The molecule has 4 aromatic rings. The van der Waals surface area contributed by atoms with Crippen LogP contribution in [-0.4, -0.2) is 34.2 Å². The van der Waals surface area contributed by atoms with E-state index in [-0.39, 0.29) is 24.7 Å². The Morgan fingerprint density at radius 3 is 1.70 bits per heavy atom. The normalized spacial score (nSPS) is 11.7. The molecule has 0 saturated heterocycles. The number of rotatable bonds is 8. The van der Waals surface area contributed by atoms with Crippen molar-refractivity contribution < 1.29 is 9.59 Å². The second kappa shape index (κ2) is 10.6. The molecule has 33 heavy (non-hydrogen) atoms. The SMILES string of the molecule is O=C(CCCC(=O)NN=Cc1c[nH]c2ccc(Br)cc12)NN=Cc1c[nH]c2ccc(Br)cc12. The highest BCUT2D eigenvalue weighted by Crippen LogP contribution is 2.22. The summed E-state index contributed by atoms with van der Waals surface area (Å²) < 4.78 is 1.93. The van der Waals surface area contributed by atoms with Gasteiger partial charge in [-0.3, -0.25) is 9.59 Å². The predicted molar refractivity (Wildman–Crippen MR) is 137 cm³/mol. The lowest BCUT2D eigenvalue weighted by Gasteiger charge is -2.00. The van der Waals surface area contributed by atoms with Crippen molar-refractivity contribution in [3.05, 3.63) is 68.9 Å². The van der Waals surface area contributed by atoms with Crippen LogP contribution in [0.2, 0.25) is 0 Å². The number of hydrogen-bond donors (Lipinski definition) is 4. The minimum atomic E-state index is -0.257. The zero-order valence-electron chi connectivity index (χ0n) is 17.4. The van der Waals surface area contributed by atoms with Gasteiger partial charge >= 0.3 is 0 Å². The van der Waals surface area contributed by atoms with E-state index >= 15 is 0 Å². The molecule has 2 heterocycles. The van der Waals surface area contributed by atoms with Crippen LogP contribution in [0.25, 0.3) is 21.8 Å². The summed E-state index contributed by atoms with van der Waals surface area (Å²) in [7, 11) is 0. The van der Waals surface area contributed by atoms with Crippen LogP contribution in [0.1, 0.15) is 30.4 Å². The maximum absolute atomic E-state index is 12.0. The summed E-state index contributed by atoms with van der Waals surface area (Å²) in [6.45, 7) is 0. The first-order chi connectivity index (χ1) is 16.0. The fraction of sp³-hybridized carbons (Fsp3) is 0.130. The number of nitrogens with one attached hydrogen (secondary N) is 4. The minimum absolute atomic E-state index is 0.185. The zero-order chi connectivity index (χ0) is 23.2. The first kappa shape index (κ1) is 22.9. The summed E-state index contributed by atoms with van der Waals surface area (Å²) in [6, 6.07) is 11.8. The summed E-state index contributed by atoms with van der Waals surface area (Å²) in [5, 5.41) is 10.0. The maximum atomic E-state index is 12.0. The van der Waals surface area contributed by atoms with E-state index in [1.165, 1.54) is 0 Å². The highest BCUT2D eigenvalue weighted by Gasteiger charge is 2.06. The smallest absolute Gasteiger partial charge is 0.240 e. The molecule has 0 radical (unpaired) electrons. The maximum Gasteiger partial charge on any atom is 0.240 e. The summed E-state index contributed by atoms with van der Waals surface area (Å²) in [6.07, 6.45) is 7.60. The van der Waals surface area contributed by atoms with Gasteiger partial charge in [-0.05, 0) is 42.8 Å². The lowest BCUT2D eigenvalue weighted by Crippen LogP contribution is -2.20. The number of carbonyl (C=O) groups excluding carboxylic acids is 2. The van der Waals surface area contributed by atoms with Gasteiger partial charge < -0.3 is 9.97 Å². The Bertz CT molecular complexity index is 1270. The third kappa shape index (κ3) is 5.96. The summed E-state index contributed by atoms with van der Waals surface area (Å²) >= 11 is 6.90. The largest absolute Gasteiger partial charge is 0.361 e. The second-order valence-corrected chi connectivity index (χ2v) is 9.14. The molecule has 4 N–H and O–H groups in total. The lowest BCUT2D eigenvalue weighted by atomic mass is 10.2. The van der Waals surface area contributed by atoms with Crippen molar-refractivity contribution in [1.82, 2.24) is 20.8 Å². The minimum Gasteiger partial charge on any atom is -0.361 e. The van der Waals surface area contributed by atoms with Crippen molar-refractivity contribution in [2.24, 2.45) is 10.2 Å². The lowest BCUT2D eigenvalue weighted by molar-refractivity contribution is -0.122. The zero-order valence-corrected chi connectivity index (χ0v) is 20.5. The number of H-pyrrole nitrogens is 2. The standard InChI is InChI=1S/C23H20Br2N6O2/c24-16-4-6-20-18(8-16)14(10-26-20)12-28-30-22(32)2-1-3-23(33)31-29-13-15-11-27-21-7-5-17(25)9-19(15)21/h4-13,26-27H,1-3H2,(H,30,32)(H,31,33). The average Bonchev–Trinajstić information content (AvgIpc) is 3.37. The topological polar surface area (TPSA) is 114 Å². The highest BCUT2D eigenvalue weighted by molar-refractivity contribution is 9.10. The molecular weight excluding hydrogens is 552 g/mol. The molecule has 0 bridgehead atoms. The Kier molecular flexibility index (Phi) is 7.36. The molecule has 0 atom stereocenters. The molecule has 0 aliphatic rings. The quantitative estimate of drug-likeness (QED) is 0.177. The van der Waals surface area contributed by atoms with Crippen LogP contribution in [0.3, 0.4) is 0 Å². The number of carbonyl (C=O) groups is 2. The Hall–Kier alpha value is -3.24. The highest BCUT2D eigenvalue weighted by atomic mass is 79.9. The number of halogens is 2. The van der Waals surface area contributed by atoms with Gasteiger partial charge in [-0.2, -0.15) is 10.2 Å².